The maximum absolute atomic E-state index is 12.2. The molecule has 2 saturated heterocycles. The molecule has 0 aromatic rings. The van der Waals surface area contributed by atoms with Crippen molar-refractivity contribution in [3.8, 4) is 0 Å². The maximum Gasteiger partial charge on any atom is 0.222 e. The quantitative estimate of drug-likeness (QED) is 0.814. The van der Waals surface area contributed by atoms with E-state index in [1.807, 2.05) is 9.80 Å². The van der Waals surface area contributed by atoms with Gasteiger partial charge in [-0.05, 0) is 32.2 Å². The van der Waals surface area contributed by atoms with Gasteiger partial charge in [-0.1, -0.05) is 0 Å². The minimum Gasteiger partial charge on any atom is -0.341 e. The summed E-state index contributed by atoms with van der Waals surface area (Å²) in [6.45, 7) is 5.64. The van der Waals surface area contributed by atoms with Crippen LogP contribution in [0.1, 0.15) is 39.0 Å². The Balaban J connectivity index is 1.74. The third-order valence-electron chi connectivity index (χ3n) is 4.16. The Hall–Kier alpha value is -1.10. The van der Waals surface area contributed by atoms with E-state index >= 15 is 0 Å². The van der Waals surface area contributed by atoms with Crippen LogP contribution in [0, 0.1) is 0 Å². The largest absolute Gasteiger partial charge is 0.341 e. The first-order chi connectivity index (χ1) is 9.16. The van der Waals surface area contributed by atoms with E-state index in [4.69, 9.17) is 0 Å². The second-order valence-electron chi connectivity index (χ2n) is 5.57. The maximum atomic E-state index is 12.2. The summed E-state index contributed by atoms with van der Waals surface area (Å²) in [5, 5.41) is 3.43. The van der Waals surface area contributed by atoms with Gasteiger partial charge in [-0.25, -0.2) is 0 Å². The summed E-state index contributed by atoms with van der Waals surface area (Å²) < 4.78 is 0. The van der Waals surface area contributed by atoms with E-state index in [9.17, 15) is 9.59 Å². The SMILES string of the molecule is CC(=O)N1CCCN(C(=O)CCC2CCCN2)CC1. The molecule has 0 aromatic carbocycles. The number of hydrogen-bond donors (Lipinski definition) is 1. The van der Waals surface area contributed by atoms with E-state index in [-0.39, 0.29) is 11.8 Å². The fourth-order valence-electron chi connectivity index (χ4n) is 2.94. The van der Waals surface area contributed by atoms with Crippen LogP contribution in [0.15, 0.2) is 0 Å². The highest BCUT2D eigenvalue weighted by Gasteiger charge is 2.21. The highest BCUT2D eigenvalue weighted by molar-refractivity contribution is 5.77. The summed E-state index contributed by atoms with van der Waals surface area (Å²) in [6.07, 6.45) is 4.91. The van der Waals surface area contributed by atoms with Crippen molar-refractivity contribution in [2.75, 3.05) is 32.7 Å². The minimum absolute atomic E-state index is 0.115. The zero-order valence-corrected chi connectivity index (χ0v) is 11.9. The topological polar surface area (TPSA) is 52.7 Å². The Morgan fingerprint density at radius 1 is 1.11 bits per heavy atom. The van der Waals surface area contributed by atoms with Crippen LogP contribution in [0.5, 0.6) is 0 Å². The molecular formula is C14H25N3O2. The zero-order chi connectivity index (χ0) is 13.7. The van der Waals surface area contributed by atoms with Crippen molar-refractivity contribution in [2.24, 2.45) is 0 Å². The average Bonchev–Trinajstić information content (AvgIpc) is 2.77. The molecule has 5 nitrogen and oxygen atoms in total. The van der Waals surface area contributed by atoms with Gasteiger partial charge in [-0.2, -0.15) is 0 Å². The van der Waals surface area contributed by atoms with Gasteiger partial charge in [0.15, 0.2) is 0 Å². The highest BCUT2D eigenvalue weighted by Crippen LogP contribution is 2.13. The Bertz CT molecular complexity index is 327. The number of rotatable bonds is 3. The molecule has 2 rings (SSSR count). The fraction of sp³-hybridized carbons (Fsp3) is 0.857. The molecule has 0 bridgehead atoms. The van der Waals surface area contributed by atoms with Gasteiger partial charge in [0.25, 0.3) is 0 Å². The van der Waals surface area contributed by atoms with Crippen LogP contribution in [0.3, 0.4) is 0 Å². The average molecular weight is 267 g/mol. The third-order valence-corrected chi connectivity index (χ3v) is 4.16. The summed E-state index contributed by atoms with van der Waals surface area (Å²) in [6, 6.07) is 0.532. The Morgan fingerprint density at radius 3 is 2.53 bits per heavy atom. The molecule has 1 N–H and O–H groups in total. The number of carbonyl (C=O) groups excluding carboxylic acids is 2. The van der Waals surface area contributed by atoms with Crippen LogP contribution in [0.25, 0.3) is 0 Å². The minimum atomic E-state index is 0.115. The predicted octanol–water partition coefficient (Wildman–Crippen LogP) is 0.599. The molecule has 2 aliphatic heterocycles. The molecule has 2 fully saturated rings. The second kappa shape index (κ2) is 6.89. The van der Waals surface area contributed by atoms with Crippen LogP contribution in [-0.4, -0.2) is 60.4 Å². The van der Waals surface area contributed by atoms with E-state index < -0.39 is 0 Å². The molecule has 0 radical (unpaired) electrons. The van der Waals surface area contributed by atoms with Gasteiger partial charge in [-0.3, -0.25) is 9.59 Å². The molecular weight excluding hydrogens is 242 g/mol. The van der Waals surface area contributed by atoms with Gasteiger partial charge < -0.3 is 15.1 Å². The van der Waals surface area contributed by atoms with Crippen molar-refractivity contribution in [1.29, 1.82) is 0 Å². The van der Waals surface area contributed by atoms with E-state index in [1.54, 1.807) is 6.92 Å². The fourth-order valence-corrected chi connectivity index (χ4v) is 2.94. The van der Waals surface area contributed by atoms with Crippen molar-refractivity contribution in [2.45, 2.75) is 45.1 Å². The monoisotopic (exact) mass is 267 g/mol. The van der Waals surface area contributed by atoms with Crippen molar-refractivity contribution in [3.63, 3.8) is 0 Å². The molecule has 108 valence electrons. The molecule has 1 unspecified atom stereocenters. The molecule has 0 saturated carbocycles. The van der Waals surface area contributed by atoms with Gasteiger partial charge in [0.05, 0.1) is 0 Å². The second-order valence-corrected chi connectivity index (χ2v) is 5.57. The molecule has 1 atom stereocenters. The van der Waals surface area contributed by atoms with E-state index in [0.717, 1.165) is 32.5 Å². The van der Waals surface area contributed by atoms with E-state index in [1.165, 1.54) is 12.8 Å². The lowest BCUT2D eigenvalue weighted by molar-refractivity contribution is -0.132. The first kappa shape index (κ1) is 14.3. The highest BCUT2D eigenvalue weighted by atomic mass is 16.2. The Labute approximate surface area is 115 Å². The molecule has 0 aromatic heterocycles. The summed E-state index contributed by atoms with van der Waals surface area (Å²) in [4.78, 5) is 27.3. The van der Waals surface area contributed by atoms with E-state index in [2.05, 4.69) is 5.32 Å². The number of amides is 2. The van der Waals surface area contributed by atoms with Gasteiger partial charge in [-0.15, -0.1) is 0 Å². The molecule has 0 aliphatic carbocycles. The predicted molar refractivity (Wildman–Crippen MR) is 73.7 cm³/mol. The van der Waals surface area contributed by atoms with Crippen LogP contribution in [-0.2, 0) is 9.59 Å². The molecule has 5 heteroatoms. The van der Waals surface area contributed by atoms with Crippen LogP contribution < -0.4 is 5.32 Å². The lowest BCUT2D eigenvalue weighted by Gasteiger charge is -2.22. The smallest absolute Gasteiger partial charge is 0.222 e. The molecule has 19 heavy (non-hydrogen) atoms. The third kappa shape index (κ3) is 4.20. The molecule has 2 amide bonds. The number of nitrogens with one attached hydrogen (secondary N) is 1. The van der Waals surface area contributed by atoms with Crippen molar-refractivity contribution in [1.82, 2.24) is 15.1 Å². The standard InChI is InChI=1S/C14H25N3O2/c1-12(18)16-8-3-9-17(11-10-16)14(19)6-5-13-4-2-7-15-13/h13,15H,2-11H2,1H3. The van der Waals surface area contributed by atoms with Crippen LogP contribution in [0.2, 0.25) is 0 Å². The summed E-state index contributed by atoms with van der Waals surface area (Å²) in [5.74, 6) is 0.364. The molecule has 2 heterocycles. The van der Waals surface area contributed by atoms with Crippen LogP contribution >= 0.6 is 0 Å². The van der Waals surface area contributed by atoms with Gasteiger partial charge >= 0.3 is 0 Å². The zero-order valence-electron chi connectivity index (χ0n) is 11.9. The first-order valence-electron chi connectivity index (χ1n) is 7.43. The summed E-state index contributed by atoms with van der Waals surface area (Å²) in [5.41, 5.74) is 0. The summed E-state index contributed by atoms with van der Waals surface area (Å²) >= 11 is 0. The number of hydrogen-bond acceptors (Lipinski definition) is 3. The van der Waals surface area contributed by atoms with Crippen molar-refractivity contribution in [3.05, 3.63) is 0 Å². The van der Waals surface area contributed by atoms with Crippen molar-refractivity contribution < 1.29 is 9.59 Å². The van der Waals surface area contributed by atoms with Crippen molar-refractivity contribution >= 4 is 11.8 Å². The van der Waals surface area contributed by atoms with Gasteiger partial charge in [0.1, 0.15) is 0 Å². The summed E-state index contributed by atoms with van der Waals surface area (Å²) in [7, 11) is 0. The number of nitrogens with zero attached hydrogens (tertiary/aromatic N) is 2. The van der Waals surface area contributed by atoms with Gasteiger partial charge in [0.2, 0.25) is 11.8 Å². The van der Waals surface area contributed by atoms with Gasteiger partial charge in [0, 0.05) is 45.6 Å². The molecule has 0 spiro atoms. The Morgan fingerprint density at radius 2 is 1.84 bits per heavy atom. The molecule has 2 aliphatic rings. The number of carbonyl (C=O) groups is 2. The van der Waals surface area contributed by atoms with Crippen LogP contribution in [0.4, 0.5) is 0 Å². The first-order valence-corrected chi connectivity index (χ1v) is 7.43. The Kier molecular flexibility index (Phi) is 5.19. The lowest BCUT2D eigenvalue weighted by Crippen LogP contribution is -2.37. The normalized spacial score (nSPS) is 24.4. The lowest BCUT2D eigenvalue weighted by atomic mass is 10.1. The van der Waals surface area contributed by atoms with E-state index in [0.29, 0.717) is 25.6 Å².